The van der Waals surface area contributed by atoms with Gasteiger partial charge in [0.1, 0.15) is 28.8 Å². The maximum Gasteiger partial charge on any atom is 0.119 e. The molecule has 0 fully saturated rings. The molecule has 0 aliphatic carbocycles. The standard InChI is InChI=1S/C17H20INO2/c18-21-17(9-11-19)15-7-4-8-16(13-15)20-12-10-14-5-2-1-3-6-14/h1-8,13,17H,9-12,19H2. The summed E-state index contributed by atoms with van der Waals surface area (Å²) in [7, 11) is 0. The number of hydrogen-bond donors (Lipinski definition) is 1. The Morgan fingerprint density at radius 2 is 1.86 bits per heavy atom. The largest absolute Gasteiger partial charge is 0.493 e. The predicted molar refractivity (Wildman–Crippen MR) is 93.6 cm³/mol. The monoisotopic (exact) mass is 397 g/mol. The molecule has 2 N–H and O–H groups in total. The number of benzene rings is 2. The minimum Gasteiger partial charge on any atom is -0.493 e. The van der Waals surface area contributed by atoms with Gasteiger partial charge in [-0.25, -0.2) is 0 Å². The first-order valence-corrected chi connectivity index (χ1v) is 7.95. The van der Waals surface area contributed by atoms with Crippen LogP contribution in [0, 0.1) is 0 Å². The van der Waals surface area contributed by atoms with Gasteiger partial charge in [0.05, 0.1) is 12.7 Å². The summed E-state index contributed by atoms with van der Waals surface area (Å²) in [6, 6.07) is 18.4. The van der Waals surface area contributed by atoms with Crippen LogP contribution in [0.2, 0.25) is 0 Å². The Morgan fingerprint density at radius 1 is 1.05 bits per heavy atom. The van der Waals surface area contributed by atoms with Crippen LogP contribution in [0.1, 0.15) is 23.7 Å². The molecular weight excluding hydrogens is 377 g/mol. The second kappa shape index (κ2) is 9.02. The van der Waals surface area contributed by atoms with Crippen molar-refractivity contribution in [2.45, 2.75) is 18.9 Å². The van der Waals surface area contributed by atoms with E-state index in [0.717, 1.165) is 24.2 Å². The molecule has 4 heteroatoms. The number of ether oxygens (including phenoxy) is 1. The summed E-state index contributed by atoms with van der Waals surface area (Å²) in [6.45, 7) is 1.27. The summed E-state index contributed by atoms with van der Waals surface area (Å²) >= 11 is 1.93. The maximum atomic E-state index is 5.83. The van der Waals surface area contributed by atoms with Crippen LogP contribution in [0.15, 0.2) is 54.6 Å². The average molecular weight is 397 g/mol. The van der Waals surface area contributed by atoms with Gasteiger partial charge < -0.3 is 13.5 Å². The van der Waals surface area contributed by atoms with Gasteiger partial charge in [-0.15, -0.1) is 0 Å². The first-order chi connectivity index (χ1) is 10.3. The quantitative estimate of drug-likeness (QED) is 0.684. The molecule has 112 valence electrons. The molecule has 1 unspecified atom stereocenters. The number of nitrogens with two attached hydrogens (primary N) is 1. The lowest BCUT2D eigenvalue weighted by atomic mass is 10.1. The molecule has 0 saturated heterocycles. The van der Waals surface area contributed by atoms with Crippen LogP contribution in [0.5, 0.6) is 5.75 Å². The molecule has 3 nitrogen and oxygen atoms in total. The van der Waals surface area contributed by atoms with Crippen molar-refractivity contribution in [2.24, 2.45) is 5.73 Å². The molecular formula is C17H20INO2. The first kappa shape index (κ1) is 16.3. The third kappa shape index (κ3) is 5.30. The van der Waals surface area contributed by atoms with E-state index < -0.39 is 0 Å². The van der Waals surface area contributed by atoms with Crippen LogP contribution in [-0.4, -0.2) is 13.2 Å². The number of hydrogen-bond acceptors (Lipinski definition) is 3. The average Bonchev–Trinajstić information content (AvgIpc) is 2.54. The van der Waals surface area contributed by atoms with Crippen molar-refractivity contribution in [3.63, 3.8) is 0 Å². The molecule has 21 heavy (non-hydrogen) atoms. The topological polar surface area (TPSA) is 44.5 Å². The molecule has 1 atom stereocenters. The van der Waals surface area contributed by atoms with E-state index in [4.69, 9.17) is 13.5 Å². The van der Waals surface area contributed by atoms with E-state index in [1.54, 1.807) is 0 Å². The first-order valence-electron chi connectivity index (χ1n) is 7.07. The Labute approximate surface area is 140 Å². The molecule has 0 aliphatic rings. The van der Waals surface area contributed by atoms with Gasteiger partial charge >= 0.3 is 0 Å². The van der Waals surface area contributed by atoms with Crippen LogP contribution < -0.4 is 10.5 Å². The van der Waals surface area contributed by atoms with Gasteiger partial charge in [0.15, 0.2) is 0 Å². The Hall–Kier alpha value is -1.11. The van der Waals surface area contributed by atoms with E-state index in [1.165, 1.54) is 5.56 Å². The molecule has 0 spiro atoms. The number of halogens is 1. The molecule has 0 aromatic heterocycles. The van der Waals surface area contributed by atoms with Crippen LogP contribution in [0.4, 0.5) is 0 Å². The van der Waals surface area contributed by atoms with Gasteiger partial charge in [0.2, 0.25) is 0 Å². The van der Waals surface area contributed by atoms with Gasteiger partial charge in [0, 0.05) is 6.42 Å². The lowest BCUT2D eigenvalue weighted by molar-refractivity contribution is 0.275. The van der Waals surface area contributed by atoms with E-state index in [9.17, 15) is 0 Å². The van der Waals surface area contributed by atoms with Crippen molar-refractivity contribution in [2.75, 3.05) is 13.2 Å². The highest BCUT2D eigenvalue weighted by Gasteiger charge is 2.11. The minimum atomic E-state index is 0.0215. The maximum absolute atomic E-state index is 5.83. The summed E-state index contributed by atoms with van der Waals surface area (Å²) in [5, 5.41) is 0. The highest BCUT2D eigenvalue weighted by molar-refractivity contribution is 14.1. The summed E-state index contributed by atoms with van der Waals surface area (Å²) < 4.78 is 11.3. The third-order valence-electron chi connectivity index (χ3n) is 3.27. The summed E-state index contributed by atoms with van der Waals surface area (Å²) in [4.78, 5) is 0. The summed E-state index contributed by atoms with van der Waals surface area (Å²) in [5.74, 6) is 0.874. The normalized spacial score (nSPS) is 12.1. The van der Waals surface area contributed by atoms with Crippen molar-refractivity contribution >= 4 is 23.0 Å². The lowest BCUT2D eigenvalue weighted by Crippen LogP contribution is -2.08. The van der Waals surface area contributed by atoms with Gasteiger partial charge in [-0.3, -0.25) is 0 Å². The molecule has 2 rings (SSSR count). The molecule has 0 bridgehead atoms. The second-order valence-electron chi connectivity index (χ2n) is 4.81. The van der Waals surface area contributed by atoms with Gasteiger partial charge in [-0.1, -0.05) is 42.5 Å². The van der Waals surface area contributed by atoms with E-state index in [-0.39, 0.29) is 6.10 Å². The van der Waals surface area contributed by atoms with E-state index in [2.05, 4.69) is 12.1 Å². The summed E-state index contributed by atoms with van der Waals surface area (Å²) in [6.07, 6.45) is 1.73. The van der Waals surface area contributed by atoms with E-state index in [1.807, 2.05) is 65.5 Å². The highest BCUT2D eigenvalue weighted by atomic mass is 127. The lowest BCUT2D eigenvalue weighted by Gasteiger charge is -2.14. The Kier molecular flexibility index (Phi) is 6.99. The van der Waals surface area contributed by atoms with Crippen molar-refractivity contribution < 1.29 is 7.80 Å². The van der Waals surface area contributed by atoms with Crippen molar-refractivity contribution in [3.05, 3.63) is 65.7 Å². The van der Waals surface area contributed by atoms with Crippen molar-refractivity contribution in [1.29, 1.82) is 0 Å². The summed E-state index contributed by atoms with van der Waals surface area (Å²) in [5.41, 5.74) is 8.00. The fourth-order valence-corrected chi connectivity index (χ4v) is 2.70. The number of rotatable bonds is 8. The molecule has 2 aromatic rings. The fourth-order valence-electron chi connectivity index (χ4n) is 2.15. The van der Waals surface area contributed by atoms with Gasteiger partial charge in [-0.05, 0) is 36.2 Å². The molecule has 0 aliphatic heterocycles. The molecule has 0 amide bonds. The van der Waals surface area contributed by atoms with Gasteiger partial charge in [0.25, 0.3) is 0 Å². The SMILES string of the molecule is NCCC(OI)c1cccc(OCCc2ccccc2)c1. The Bertz CT molecular complexity index is 533. The van der Waals surface area contributed by atoms with Crippen LogP contribution in [0.3, 0.4) is 0 Å². The smallest absolute Gasteiger partial charge is 0.119 e. The van der Waals surface area contributed by atoms with Crippen LogP contribution in [-0.2, 0) is 9.49 Å². The second-order valence-corrected chi connectivity index (χ2v) is 5.32. The Morgan fingerprint density at radius 3 is 2.57 bits per heavy atom. The van der Waals surface area contributed by atoms with Gasteiger partial charge in [-0.2, -0.15) is 0 Å². The predicted octanol–water partition coefficient (Wildman–Crippen LogP) is 4.06. The van der Waals surface area contributed by atoms with Crippen LogP contribution >= 0.6 is 23.0 Å². The molecule has 2 aromatic carbocycles. The zero-order valence-electron chi connectivity index (χ0n) is 11.9. The van der Waals surface area contributed by atoms with E-state index in [0.29, 0.717) is 13.2 Å². The molecule has 0 radical (unpaired) electrons. The Balaban J connectivity index is 1.91. The van der Waals surface area contributed by atoms with Crippen molar-refractivity contribution in [1.82, 2.24) is 0 Å². The zero-order chi connectivity index (χ0) is 14.9. The highest BCUT2D eigenvalue weighted by Crippen LogP contribution is 2.26. The van der Waals surface area contributed by atoms with E-state index >= 15 is 0 Å². The zero-order valence-corrected chi connectivity index (χ0v) is 14.0. The minimum absolute atomic E-state index is 0.0215. The molecule has 0 saturated carbocycles. The molecule has 0 heterocycles. The van der Waals surface area contributed by atoms with Crippen LogP contribution in [0.25, 0.3) is 0 Å². The van der Waals surface area contributed by atoms with Crippen molar-refractivity contribution in [3.8, 4) is 5.75 Å². The third-order valence-corrected chi connectivity index (χ3v) is 3.88. The fraction of sp³-hybridized carbons (Fsp3) is 0.294.